The van der Waals surface area contributed by atoms with E-state index in [1.165, 1.54) is 0 Å². The fourth-order valence-corrected chi connectivity index (χ4v) is 4.70. The van der Waals surface area contributed by atoms with Gasteiger partial charge in [0, 0.05) is 18.5 Å². The molecule has 0 aliphatic rings. The summed E-state index contributed by atoms with van der Waals surface area (Å²) in [6.45, 7) is 4.63. The molecule has 0 aliphatic carbocycles. The molecule has 0 bridgehead atoms. The zero-order valence-corrected chi connectivity index (χ0v) is 21.0. The first-order valence-corrected chi connectivity index (χ1v) is 12.5. The van der Waals surface area contributed by atoms with Crippen molar-refractivity contribution in [1.29, 1.82) is 0 Å². The highest BCUT2D eigenvalue weighted by Gasteiger charge is 2.20. The molecule has 0 spiro atoms. The molecule has 0 unspecified atom stereocenters. The van der Waals surface area contributed by atoms with Crippen LogP contribution >= 0.6 is 0 Å². The number of imidazole rings is 1. The number of aromatic amines is 1. The quantitative estimate of drug-likeness (QED) is 0.299. The van der Waals surface area contributed by atoms with E-state index in [9.17, 15) is 4.79 Å². The molecule has 0 fully saturated rings. The second-order valence-corrected chi connectivity index (χ2v) is 8.94. The first-order chi connectivity index (χ1) is 18.1. The molecule has 8 heteroatoms. The lowest BCUT2D eigenvalue weighted by Crippen LogP contribution is -2.20. The van der Waals surface area contributed by atoms with Gasteiger partial charge in [0.05, 0.1) is 5.69 Å². The van der Waals surface area contributed by atoms with Crippen molar-refractivity contribution in [2.75, 3.05) is 0 Å². The topological polar surface area (TPSA) is 115 Å². The number of aromatic nitrogens is 6. The van der Waals surface area contributed by atoms with Gasteiger partial charge in [0.1, 0.15) is 11.5 Å². The van der Waals surface area contributed by atoms with E-state index in [1.807, 2.05) is 35.8 Å². The van der Waals surface area contributed by atoms with Crippen molar-refractivity contribution in [2.24, 2.45) is 5.73 Å². The number of benzene rings is 3. The van der Waals surface area contributed by atoms with Gasteiger partial charge in [-0.3, -0.25) is 4.79 Å². The van der Waals surface area contributed by atoms with E-state index < -0.39 is 5.91 Å². The van der Waals surface area contributed by atoms with Crippen molar-refractivity contribution in [3.63, 3.8) is 0 Å². The summed E-state index contributed by atoms with van der Waals surface area (Å²) in [4.78, 5) is 17.0. The Hall–Kier alpha value is -4.59. The lowest BCUT2D eigenvalue weighted by molar-refractivity contribution is 0.0990. The van der Waals surface area contributed by atoms with E-state index in [0.717, 1.165) is 57.7 Å². The van der Waals surface area contributed by atoms with Crippen LogP contribution in [-0.4, -0.2) is 36.1 Å². The summed E-state index contributed by atoms with van der Waals surface area (Å²) in [5.41, 5.74) is 13.3. The Morgan fingerprint density at radius 1 is 0.919 bits per heavy atom. The van der Waals surface area contributed by atoms with Crippen molar-refractivity contribution in [3.05, 3.63) is 95.6 Å². The number of rotatable bonds is 9. The molecule has 1 amide bonds. The fourth-order valence-electron chi connectivity index (χ4n) is 4.70. The van der Waals surface area contributed by atoms with Crippen molar-refractivity contribution < 1.29 is 4.79 Å². The summed E-state index contributed by atoms with van der Waals surface area (Å²) >= 11 is 0. The van der Waals surface area contributed by atoms with Gasteiger partial charge in [0.2, 0.25) is 5.82 Å². The first kappa shape index (κ1) is 24.1. The zero-order valence-electron chi connectivity index (χ0n) is 21.0. The Labute approximate surface area is 215 Å². The van der Waals surface area contributed by atoms with Gasteiger partial charge in [-0.2, -0.15) is 5.21 Å². The van der Waals surface area contributed by atoms with Gasteiger partial charge in [-0.25, -0.2) is 4.98 Å². The third-order valence-corrected chi connectivity index (χ3v) is 6.48. The lowest BCUT2D eigenvalue weighted by atomic mass is 9.93. The van der Waals surface area contributed by atoms with Gasteiger partial charge in [-0.15, -0.1) is 10.2 Å². The minimum absolute atomic E-state index is 0.439. The molecule has 0 saturated carbocycles. The molecule has 37 heavy (non-hydrogen) atoms. The highest BCUT2D eigenvalue weighted by Crippen LogP contribution is 2.34. The second-order valence-electron chi connectivity index (χ2n) is 8.94. The van der Waals surface area contributed by atoms with Gasteiger partial charge in [0.25, 0.3) is 5.91 Å². The molecule has 5 aromatic rings. The zero-order chi connectivity index (χ0) is 25.8. The lowest BCUT2D eigenvalue weighted by Gasteiger charge is -2.13. The van der Waals surface area contributed by atoms with E-state index in [-0.39, 0.29) is 0 Å². The van der Waals surface area contributed by atoms with Gasteiger partial charge >= 0.3 is 0 Å². The monoisotopic (exact) mass is 491 g/mol. The predicted octanol–water partition coefficient (Wildman–Crippen LogP) is 5.06. The molecule has 0 aliphatic heterocycles. The standard InChI is InChI=1S/C29H29N7O/c1-3-8-26-31-25(4-2)27(28(30)37)36(26)18-19-11-13-21(14-12-19)24-17-22(20-9-6-5-7-10-20)15-16-23(24)29-32-34-35-33-29/h5-7,9-17H,3-4,8,18H2,1-2H3,(H2,30,37)(H,32,33,34,35). The third kappa shape index (κ3) is 4.91. The molecule has 5 rings (SSSR count). The number of amides is 1. The predicted molar refractivity (Wildman–Crippen MR) is 144 cm³/mol. The SMILES string of the molecule is CCCc1nc(CC)c(C(N)=O)n1Cc1ccc(-c2cc(-c3ccccc3)ccc2-c2nn[nH]n2)cc1. The number of carbonyl (C=O) groups excluding carboxylic acids is 1. The average molecular weight is 492 g/mol. The van der Waals surface area contributed by atoms with E-state index in [1.54, 1.807) is 0 Å². The van der Waals surface area contributed by atoms with Gasteiger partial charge < -0.3 is 10.3 Å². The molecule has 186 valence electrons. The Morgan fingerprint density at radius 3 is 2.32 bits per heavy atom. The molecule has 0 saturated heterocycles. The summed E-state index contributed by atoms with van der Waals surface area (Å²) in [7, 11) is 0. The van der Waals surface area contributed by atoms with Crippen LogP contribution in [0.1, 0.15) is 47.8 Å². The fraction of sp³-hybridized carbons (Fsp3) is 0.207. The Morgan fingerprint density at radius 2 is 1.68 bits per heavy atom. The first-order valence-electron chi connectivity index (χ1n) is 12.5. The van der Waals surface area contributed by atoms with E-state index in [4.69, 9.17) is 10.7 Å². The number of hydrogen-bond donors (Lipinski definition) is 2. The molecule has 0 atom stereocenters. The maximum Gasteiger partial charge on any atom is 0.267 e. The smallest absolute Gasteiger partial charge is 0.267 e. The van der Waals surface area contributed by atoms with Gasteiger partial charge in [0.15, 0.2) is 0 Å². The normalized spacial score (nSPS) is 11.1. The highest BCUT2D eigenvalue weighted by atomic mass is 16.1. The van der Waals surface area contributed by atoms with Crippen molar-refractivity contribution >= 4 is 5.91 Å². The van der Waals surface area contributed by atoms with Crippen LogP contribution in [0.15, 0.2) is 72.8 Å². The summed E-state index contributed by atoms with van der Waals surface area (Å²) < 4.78 is 1.97. The number of aryl methyl sites for hydroxylation is 2. The number of carbonyl (C=O) groups is 1. The molecule has 3 N–H and O–H groups in total. The maximum atomic E-state index is 12.3. The molecule has 0 radical (unpaired) electrons. The number of nitrogens with two attached hydrogens (primary N) is 1. The van der Waals surface area contributed by atoms with Crippen LogP contribution in [0.5, 0.6) is 0 Å². The Bertz CT molecular complexity index is 1500. The van der Waals surface area contributed by atoms with Crippen LogP contribution in [0.3, 0.4) is 0 Å². The number of tetrazole rings is 1. The number of nitrogens with one attached hydrogen (secondary N) is 1. The number of nitrogens with zero attached hydrogens (tertiary/aromatic N) is 5. The number of hydrogen-bond acceptors (Lipinski definition) is 5. The van der Waals surface area contributed by atoms with Crippen molar-refractivity contribution in [3.8, 4) is 33.6 Å². The van der Waals surface area contributed by atoms with Crippen LogP contribution in [0.2, 0.25) is 0 Å². The minimum Gasteiger partial charge on any atom is -0.364 e. The van der Waals surface area contributed by atoms with E-state index >= 15 is 0 Å². The Kier molecular flexibility index (Phi) is 6.89. The number of H-pyrrole nitrogens is 1. The van der Waals surface area contributed by atoms with Crippen LogP contribution in [-0.2, 0) is 19.4 Å². The minimum atomic E-state index is -0.439. The highest BCUT2D eigenvalue weighted by molar-refractivity contribution is 5.92. The van der Waals surface area contributed by atoms with Crippen molar-refractivity contribution in [1.82, 2.24) is 30.2 Å². The van der Waals surface area contributed by atoms with Crippen LogP contribution in [0, 0.1) is 0 Å². The average Bonchev–Trinajstić information content (AvgIpc) is 3.58. The maximum absolute atomic E-state index is 12.3. The van der Waals surface area contributed by atoms with Crippen LogP contribution in [0.25, 0.3) is 33.6 Å². The van der Waals surface area contributed by atoms with E-state index in [2.05, 4.69) is 76.1 Å². The van der Waals surface area contributed by atoms with E-state index in [0.29, 0.717) is 24.5 Å². The summed E-state index contributed by atoms with van der Waals surface area (Å²) in [5.74, 6) is 0.998. The summed E-state index contributed by atoms with van der Waals surface area (Å²) in [6.07, 6.45) is 2.39. The second kappa shape index (κ2) is 10.6. The van der Waals surface area contributed by atoms with Crippen LogP contribution in [0.4, 0.5) is 0 Å². The summed E-state index contributed by atoms with van der Waals surface area (Å²) in [6, 6.07) is 24.9. The van der Waals surface area contributed by atoms with Crippen molar-refractivity contribution in [2.45, 2.75) is 39.7 Å². The van der Waals surface area contributed by atoms with Gasteiger partial charge in [-0.05, 0) is 58.0 Å². The molecular weight excluding hydrogens is 462 g/mol. The largest absolute Gasteiger partial charge is 0.364 e. The number of primary amides is 1. The summed E-state index contributed by atoms with van der Waals surface area (Å²) in [5, 5.41) is 14.7. The molecular formula is C29H29N7O. The third-order valence-electron chi connectivity index (χ3n) is 6.48. The molecule has 3 aromatic carbocycles. The molecule has 2 aromatic heterocycles. The van der Waals surface area contributed by atoms with Gasteiger partial charge in [-0.1, -0.05) is 74.5 Å². The Balaban J connectivity index is 1.53. The molecule has 2 heterocycles. The van der Waals surface area contributed by atoms with Crippen LogP contribution < -0.4 is 5.73 Å². The molecule has 8 nitrogen and oxygen atoms in total.